The molecule has 3 heterocycles. The molecule has 14 nitrogen and oxygen atoms in total. The molecule has 0 unspecified atom stereocenters. The summed E-state index contributed by atoms with van der Waals surface area (Å²) in [5.41, 5.74) is 0.610. The number of carbonyl (C=O) groups excluding carboxylic acids is 1. The lowest BCUT2D eigenvalue weighted by Gasteiger charge is -2.16. The third-order valence-electron chi connectivity index (χ3n) is 6.29. The molecule has 16 heteroatoms. The Morgan fingerprint density at radius 3 is 2.58 bits per heavy atom. The number of nitro groups is 1. The van der Waals surface area contributed by atoms with Gasteiger partial charge in [0.2, 0.25) is 0 Å². The molecule has 4 aromatic rings. The van der Waals surface area contributed by atoms with Crippen molar-refractivity contribution < 1.29 is 31.4 Å². The molecule has 208 valence electrons. The fourth-order valence-electron chi connectivity index (χ4n) is 4.16. The van der Waals surface area contributed by atoms with E-state index in [0.717, 1.165) is 24.3 Å². The van der Waals surface area contributed by atoms with Crippen molar-refractivity contribution in [2.75, 3.05) is 11.9 Å². The zero-order valence-electron chi connectivity index (χ0n) is 20.7. The molecular formula is C24H22FN7O7S. The van der Waals surface area contributed by atoms with Gasteiger partial charge in [0.05, 0.1) is 17.4 Å². The summed E-state index contributed by atoms with van der Waals surface area (Å²) in [6, 6.07) is 13.0. The first-order valence-electron chi connectivity index (χ1n) is 11.9. The van der Waals surface area contributed by atoms with Crippen LogP contribution in [0, 0.1) is 16.0 Å². The number of alkyl halides is 1. The Hall–Kier alpha value is -4.54. The third kappa shape index (κ3) is 5.58. The third-order valence-corrected chi connectivity index (χ3v) is 7.22. The Bertz CT molecular complexity index is 1650. The average Bonchev–Trinajstić information content (AvgIpc) is 3.49. The average molecular weight is 572 g/mol. The summed E-state index contributed by atoms with van der Waals surface area (Å²) in [5.74, 6) is -1.15. The highest BCUT2D eigenvalue weighted by atomic mass is 32.2. The number of nitrogens with one attached hydrogen (secondary N) is 2. The van der Waals surface area contributed by atoms with Crippen LogP contribution in [-0.2, 0) is 15.0 Å². The van der Waals surface area contributed by atoms with Crippen LogP contribution in [0.2, 0.25) is 0 Å². The molecule has 1 fully saturated rings. The van der Waals surface area contributed by atoms with E-state index in [4.69, 9.17) is 8.92 Å². The molecule has 0 spiro atoms. The van der Waals surface area contributed by atoms with Gasteiger partial charge in [-0.15, -0.1) is 0 Å². The van der Waals surface area contributed by atoms with Crippen LogP contribution in [0.1, 0.15) is 23.5 Å². The van der Waals surface area contributed by atoms with E-state index in [9.17, 15) is 23.3 Å². The molecule has 4 atom stereocenters. The van der Waals surface area contributed by atoms with Crippen molar-refractivity contribution in [1.29, 1.82) is 0 Å². The lowest BCUT2D eigenvalue weighted by atomic mass is 10.0. The Morgan fingerprint density at radius 1 is 1.15 bits per heavy atom. The van der Waals surface area contributed by atoms with Gasteiger partial charge in [-0.25, -0.2) is 19.3 Å². The Morgan fingerprint density at radius 2 is 1.88 bits per heavy atom. The van der Waals surface area contributed by atoms with Crippen molar-refractivity contribution >= 4 is 38.9 Å². The van der Waals surface area contributed by atoms with E-state index in [-0.39, 0.29) is 35.0 Å². The summed E-state index contributed by atoms with van der Waals surface area (Å²) >= 11 is 0. The first-order chi connectivity index (χ1) is 19.1. The summed E-state index contributed by atoms with van der Waals surface area (Å²) in [6.07, 6.45) is -1.11. The van der Waals surface area contributed by atoms with Gasteiger partial charge < -0.3 is 14.2 Å². The molecule has 1 aliphatic heterocycles. The molecular weight excluding hydrogens is 549 g/mol. The summed E-state index contributed by atoms with van der Waals surface area (Å²) < 4.78 is 54.5. The second kappa shape index (κ2) is 10.9. The molecule has 1 aliphatic rings. The minimum absolute atomic E-state index is 0.131. The molecule has 0 bridgehead atoms. The van der Waals surface area contributed by atoms with Gasteiger partial charge in [0, 0.05) is 30.2 Å². The van der Waals surface area contributed by atoms with Gasteiger partial charge >= 0.3 is 10.3 Å². The number of nitro benzene ring substituents is 1. The number of nitrogens with zero attached hydrogens (tertiary/aromatic N) is 5. The number of halogens is 1. The zero-order chi connectivity index (χ0) is 28.4. The van der Waals surface area contributed by atoms with Crippen LogP contribution in [-0.4, -0.2) is 57.6 Å². The van der Waals surface area contributed by atoms with E-state index in [1.54, 1.807) is 37.3 Å². The number of ether oxygens (including phenoxy) is 1. The monoisotopic (exact) mass is 571 g/mol. The topological polar surface area (TPSA) is 180 Å². The minimum Gasteiger partial charge on any atom is -0.371 e. The highest BCUT2D eigenvalue weighted by Crippen LogP contribution is 2.37. The number of anilines is 1. The van der Waals surface area contributed by atoms with Gasteiger partial charge in [-0.3, -0.25) is 19.5 Å². The molecule has 0 radical (unpaired) electrons. The van der Waals surface area contributed by atoms with Crippen molar-refractivity contribution in [3.05, 3.63) is 82.9 Å². The van der Waals surface area contributed by atoms with E-state index in [1.807, 2.05) is 0 Å². The maximum absolute atomic E-state index is 15.4. The standard InChI is InChI=1S/C24H22FN7O7S/c1-14-18(11-29-40(36,37)39-17-9-7-16(8-10-17)32(34)35)38-24(19(14)25)31-13-28-20-21(26-12-27-22(20)31)30-23(33)15-5-3-2-4-6-15/h2-10,12-14,18-19,24,29H,11H2,1H3,(H,26,27,30,33)/t14-,18-,19-,24-/m1/s1. The number of hydrogen-bond donors (Lipinski definition) is 2. The first-order valence-corrected chi connectivity index (χ1v) is 13.3. The van der Waals surface area contributed by atoms with Crippen LogP contribution >= 0.6 is 0 Å². The van der Waals surface area contributed by atoms with Crippen LogP contribution in [0.3, 0.4) is 0 Å². The molecule has 2 aromatic carbocycles. The largest absolute Gasteiger partial charge is 0.382 e. The summed E-state index contributed by atoms with van der Waals surface area (Å²) in [4.78, 5) is 35.2. The maximum Gasteiger partial charge on any atom is 0.382 e. The smallest absolute Gasteiger partial charge is 0.371 e. The Labute approximate surface area is 226 Å². The second-order valence-electron chi connectivity index (χ2n) is 8.87. The lowest BCUT2D eigenvalue weighted by Crippen LogP contribution is -2.37. The summed E-state index contributed by atoms with van der Waals surface area (Å²) in [6.45, 7) is 1.26. The predicted molar refractivity (Wildman–Crippen MR) is 138 cm³/mol. The van der Waals surface area contributed by atoms with Crippen LogP contribution in [0.15, 0.2) is 67.3 Å². The number of benzene rings is 2. The van der Waals surface area contributed by atoms with E-state index >= 15 is 4.39 Å². The van der Waals surface area contributed by atoms with E-state index in [2.05, 4.69) is 25.0 Å². The van der Waals surface area contributed by atoms with E-state index in [0.29, 0.717) is 5.56 Å². The van der Waals surface area contributed by atoms with Crippen LogP contribution in [0.5, 0.6) is 5.75 Å². The number of non-ortho nitro benzene ring substituents is 1. The quantitative estimate of drug-likeness (QED) is 0.224. The van der Waals surface area contributed by atoms with Gasteiger partial charge in [-0.2, -0.15) is 13.1 Å². The molecule has 0 aliphatic carbocycles. The van der Waals surface area contributed by atoms with Gasteiger partial charge in [0.15, 0.2) is 29.4 Å². The van der Waals surface area contributed by atoms with Crippen LogP contribution in [0.4, 0.5) is 15.9 Å². The molecule has 1 amide bonds. The van der Waals surface area contributed by atoms with Crippen molar-refractivity contribution in [3.63, 3.8) is 0 Å². The second-order valence-corrected chi connectivity index (χ2v) is 10.2. The summed E-state index contributed by atoms with van der Waals surface area (Å²) in [5, 5.41) is 13.4. The van der Waals surface area contributed by atoms with E-state index < -0.39 is 45.6 Å². The minimum atomic E-state index is -4.34. The predicted octanol–water partition coefficient (Wildman–Crippen LogP) is 2.77. The fraction of sp³-hybridized carbons (Fsp3) is 0.250. The van der Waals surface area contributed by atoms with Crippen molar-refractivity contribution in [3.8, 4) is 5.75 Å². The molecule has 0 saturated carbocycles. The Kier molecular flexibility index (Phi) is 7.38. The van der Waals surface area contributed by atoms with Crippen LogP contribution in [0.25, 0.3) is 11.2 Å². The van der Waals surface area contributed by atoms with E-state index in [1.165, 1.54) is 17.2 Å². The molecule has 2 N–H and O–H groups in total. The number of imidazole rings is 1. The molecule has 2 aromatic heterocycles. The number of carbonyl (C=O) groups is 1. The van der Waals surface area contributed by atoms with Crippen molar-refractivity contribution in [1.82, 2.24) is 24.2 Å². The normalized spacial score (nSPS) is 20.9. The maximum atomic E-state index is 15.4. The van der Waals surface area contributed by atoms with Gasteiger partial charge in [-0.05, 0) is 24.3 Å². The molecule has 1 saturated heterocycles. The first kappa shape index (κ1) is 27.0. The zero-order valence-corrected chi connectivity index (χ0v) is 21.6. The number of rotatable bonds is 9. The van der Waals surface area contributed by atoms with Gasteiger partial charge in [0.25, 0.3) is 11.6 Å². The number of fused-ring (bicyclic) bond motifs is 1. The van der Waals surface area contributed by atoms with Crippen molar-refractivity contribution in [2.24, 2.45) is 5.92 Å². The number of hydrogen-bond acceptors (Lipinski definition) is 10. The SMILES string of the molecule is C[C@H]1[C@@H](F)[C@H](n2cnc3c(NC(=O)c4ccccc4)ncnc32)O[C@@H]1CNS(=O)(=O)Oc1ccc([N+](=O)[O-])cc1. The Balaban J connectivity index is 1.27. The summed E-state index contributed by atoms with van der Waals surface area (Å²) in [7, 11) is -4.34. The fourth-order valence-corrected chi connectivity index (χ4v) is 4.95. The van der Waals surface area contributed by atoms with Crippen LogP contribution < -0.4 is 14.2 Å². The van der Waals surface area contributed by atoms with Gasteiger partial charge in [-0.1, -0.05) is 25.1 Å². The number of aromatic nitrogens is 4. The highest BCUT2D eigenvalue weighted by molar-refractivity contribution is 7.85. The van der Waals surface area contributed by atoms with Gasteiger partial charge in [0.1, 0.15) is 12.1 Å². The molecule has 40 heavy (non-hydrogen) atoms. The number of amides is 1. The lowest BCUT2D eigenvalue weighted by molar-refractivity contribution is -0.384. The highest BCUT2D eigenvalue weighted by Gasteiger charge is 2.44. The molecule has 5 rings (SSSR count). The van der Waals surface area contributed by atoms with Crippen molar-refractivity contribution in [2.45, 2.75) is 25.4 Å².